The van der Waals surface area contributed by atoms with Gasteiger partial charge in [0.2, 0.25) is 5.91 Å². The number of likely N-dealkylation sites (N-methyl/N-ethyl adjacent to an activating group) is 2. The number of carbonyl (C=O) groups excluding carboxylic acids is 1. The van der Waals surface area contributed by atoms with Gasteiger partial charge in [0.25, 0.3) is 0 Å². The summed E-state index contributed by atoms with van der Waals surface area (Å²) in [5.74, 6) is -0.0901. The topological polar surface area (TPSA) is 32.3 Å². The van der Waals surface area contributed by atoms with Gasteiger partial charge in [-0.15, -0.1) is 0 Å². The van der Waals surface area contributed by atoms with Crippen LogP contribution in [-0.4, -0.2) is 43.7 Å². The molecule has 64 valence electrons. The molecular weight excluding hydrogens is 147 g/mol. The van der Waals surface area contributed by atoms with Crippen molar-refractivity contribution in [3.63, 3.8) is 0 Å². The summed E-state index contributed by atoms with van der Waals surface area (Å²) in [5, 5.41) is 2.51. The minimum absolute atomic E-state index is 0.0901. The quantitative estimate of drug-likeness (QED) is 0.575. The van der Waals surface area contributed by atoms with Gasteiger partial charge in [-0.05, 0) is 7.05 Å². The molecule has 0 radical (unpaired) electrons. The first-order chi connectivity index (χ1) is 5.15. The van der Waals surface area contributed by atoms with E-state index in [4.69, 9.17) is 0 Å². The normalized spacial score (nSPS) is 32.3. The van der Waals surface area contributed by atoms with Gasteiger partial charge in [0, 0.05) is 20.0 Å². The Morgan fingerprint density at radius 3 is 2.73 bits per heavy atom. The van der Waals surface area contributed by atoms with E-state index in [1.807, 2.05) is 0 Å². The minimum atomic E-state index is -0.845. The highest BCUT2D eigenvalue weighted by Gasteiger charge is 2.33. The van der Waals surface area contributed by atoms with E-state index in [2.05, 4.69) is 5.32 Å². The van der Waals surface area contributed by atoms with Crippen LogP contribution in [0.25, 0.3) is 0 Å². The molecule has 2 atom stereocenters. The van der Waals surface area contributed by atoms with Crippen LogP contribution in [0.4, 0.5) is 4.39 Å². The standard InChI is InChI=1S/C7H13FN2O/c1-9-7(11)6-3-5(8)4-10(6)2/h5-6H,3-4H2,1-2H3,(H,9,11)/t5-,6-/m0/s1. The number of rotatable bonds is 1. The van der Waals surface area contributed by atoms with E-state index >= 15 is 0 Å². The van der Waals surface area contributed by atoms with Crippen LogP contribution in [0, 0.1) is 0 Å². The number of hydrogen-bond acceptors (Lipinski definition) is 2. The maximum Gasteiger partial charge on any atom is 0.237 e. The molecule has 1 aliphatic rings. The van der Waals surface area contributed by atoms with Crippen molar-refractivity contribution in [2.75, 3.05) is 20.6 Å². The fraction of sp³-hybridized carbons (Fsp3) is 0.857. The number of nitrogens with one attached hydrogen (secondary N) is 1. The molecule has 0 bridgehead atoms. The molecule has 1 heterocycles. The first-order valence-electron chi connectivity index (χ1n) is 3.71. The Kier molecular flexibility index (Phi) is 2.44. The molecule has 3 nitrogen and oxygen atoms in total. The van der Waals surface area contributed by atoms with Crippen molar-refractivity contribution < 1.29 is 9.18 Å². The van der Waals surface area contributed by atoms with Gasteiger partial charge >= 0.3 is 0 Å². The molecule has 0 unspecified atom stereocenters. The van der Waals surface area contributed by atoms with Gasteiger partial charge in [-0.25, -0.2) is 4.39 Å². The molecule has 1 N–H and O–H groups in total. The van der Waals surface area contributed by atoms with Crippen molar-refractivity contribution in [2.24, 2.45) is 0 Å². The molecule has 0 aromatic carbocycles. The van der Waals surface area contributed by atoms with Gasteiger partial charge in [0.1, 0.15) is 6.17 Å². The van der Waals surface area contributed by atoms with Crippen LogP contribution < -0.4 is 5.32 Å². The summed E-state index contributed by atoms with van der Waals surface area (Å²) in [7, 11) is 3.33. The predicted octanol–water partition coefficient (Wildman–Crippen LogP) is -0.225. The highest BCUT2D eigenvalue weighted by atomic mass is 19.1. The summed E-state index contributed by atoms with van der Waals surface area (Å²) in [5.41, 5.74) is 0. The predicted molar refractivity (Wildman–Crippen MR) is 40.0 cm³/mol. The van der Waals surface area contributed by atoms with Crippen LogP contribution in [0.2, 0.25) is 0 Å². The molecule has 1 rings (SSSR count). The van der Waals surface area contributed by atoms with Crippen molar-refractivity contribution in [1.29, 1.82) is 0 Å². The van der Waals surface area contributed by atoms with Crippen LogP contribution in [0.1, 0.15) is 6.42 Å². The molecular formula is C7H13FN2O. The summed E-state index contributed by atoms with van der Waals surface area (Å²) < 4.78 is 12.7. The summed E-state index contributed by atoms with van der Waals surface area (Å²) in [6, 6.07) is -0.269. The molecule has 4 heteroatoms. The second kappa shape index (κ2) is 3.17. The first kappa shape index (κ1) is 8.46. The number of hydrogen-bond donors (Lipinski definition) is 1. The number of likely N-dealkylation sites (tertiary alicyclic amines) is 1. The van der Waals surface area contributed by atoms with E-state index in [0.717, 1.165) is 0 Å². The summed E-state index contributed by atoms with van der Waals surface area (Å²) in [6.45, 7) is 0.373. The second-order valence-corrected chi connectivity index (χ2v) is 2.90. The average molecular weight is 160 g/mol. The summed E-state index contributed by atoms with van der Waals surface area (Å²) >= 11 is 0. The SMILES string of the molecule is CNC(=O)[C@@H]1C[C@H](F)CN1C. The zero-order valence-electron chi connectivity index (χ0n) is 6.80. The van der Waals surface area contributed by atoms with Gasteiger partial charge in [-0.1, -0.05) is 0 Å². The Bertz CT molecular complexity index is 163. The molecule has 0 aromatic rings. The Morgan fingerprint density at radius 2 is 2.36 bits per heavy atom. The summed E-state index contributed by atoms with van der Waals surface area (Å²) in [6.07, 6.45) is -0.516. The largest absolute Gasteiger partial charge is 0.358 e. The molecule has 0 spiro atoms. The number of amides is 1. The fourth-order valence-corrected chi connectivity index (χ4v) is 1.41. The van der Waals surface area contributed by atoms with Crippen LogP contribution in [0.15, 0.2) is 0 Å². The minimum Gasteiger partial charge on any atom is -0.358 e. The molecule has 1 fully saturated rings. The van der Waals surface area contributed by atoms with E-state index in [9.17, 15) is 9.18 Å². The Morgan fingerprint density at radius 1 is 1.73 bits per heavy atom. The van der Waals surface area contributed by atoms with E-state index in [1.54, 1.807) is 19.0 Å². The molecule has 11 heavy (non-hydrogen) atoms. The maximum absolute atomic E-state index is 12.7. The number of nitrogens with zero attached hydrogens (tertiary/aromatic N) is 1. The van der Waals surface area contributed by atoms with Crippen LogP contribution in [0.3, 0.4) is 0 Å². The van der Waals surface area contributed by atoms with Gasteiger partial charge < -0.3 is 5.32 Å². The number of carbonyl (C=O) groups is 1. The molecule has 1 amide bonds. The van der Waals surface area contributed by atoms with Gasteiger partial charge in [0.05, 0.1) is 6.04 Å². The van der Waals surface area contributed by atoms with E-state index in [-0.39, 0.29) is 11.9 Å². The third-order valence-electron chi connectivity index (χ3n) is 2.05. The first-order valence-corrected chi connectivity index (χ1v) is 3.71. The third kappa shape index (κ3) is 1.68. The lowest BCUT2D eigenvalue weighted by Gasteiger charge is -2.16. The average Bonchev–Trinajstić information content (AvgIpc) is 2.28. The van der Waals surface area contributed by atoms with Crippen molar-refractivity contribution >= 4 is 5.91 Å². The zero-order valence-corrected chi connectivity index (χ0v) is 6.80. The Labute approximate surface area is 65.6 Å². The van der Waals surface area contributed by atoms with Gasteiger partial charge in [-0.3, -0.25) is 9.69 Å². The lowest BCUT2D eigenvalue weighted by atomic mass is 10.2. The zero-order chi connectivity index (χ0) is 8.43. The van der Waals surface area contributed by atoms with Crippen molar-refractivity contribution in [3.05, 3.63) is 0 Å². The number of halogens is 1. The molecule has 1 saturated heterocycles. The van der Waals surface area contributed by atoms with E-state index in [0.29, 0.717) is 13.0 Å². The highest BCUT2D eigenvalue weighted by molar-refractivity contribution is 5.81. The molecule has 0 saturated carbocycles. The van der Waals surface area contributed by atoms with Crippen molar-refractivity contribution in [3.8, 4) is 0 Å². The third-order valence-corrected chi connectivity index (χ3v) is 2.05. The summed E-state index contributed by atoms with van der Waals surface area (Å²) in [4.78, 5) is 12.8. The smallest absolute Gasteiger partial charge is 0.237 e. The van der Waals surface area contributed by atoms with Crippen LogP contribution in [-0.2, 0) is 4.79 Å². The van der Waals surface area contributed by atoms with Crippen LogP contribution >= 0.6 is 0 Å². The van der Waals surface area contributed by atoms with E-state index in [1.165, 1.54) is 0 Å². The molecule has 0 aromatic heterocycles. The molecule has 0 aliphatic carbocycles. The lowest BCUT2D eigenvalue weighted by Crippen LogP contribution is -2.39. The molecule has 1 aliphatic heterocycles. The Hall–Kier alpha value is -0.640. The Balaban J connectivity index is 2.52. The van der Waals surface area contributed by atoms with Crippen molar-refractivity contribution in [1.82, 2.24) is 10.2 Å². The fourth-order valence-electron chi connectivity index (χ4n) is 1.41. The van der Waals surface area contributed by atoms with Gasteiger partial charge in [0.15, 0.2) is 0 Å². The highest BCUT2D eigenvalue weighted by Crippen LogP contribution is 2.17. The second-order valence-electron chi connectivity index (χ2n) is 2.90. The van der Waals surface area contributed by atoms with Crippen LogP contribution in [0.5, 0.6) is 0 Å². The van der Waals surface area contributed by atoms with E-state index < -0.39 is 6.17 Å². The lowest BCUT2D eigenvalue weighted by molar-refractivity contribution is -0.124. The number of alkyl halides is 1. The van der Waals surface area contributed by atoms with Crippen molar-refractivity contribution in [2.45, 2.75) is 18.6 Å². The van der Waals surface area contributed by atoms with Gasteiger partial charge in [-0.2, -0.15) is 0 Å². The maximum atomic E-state index is 12.7. The monoisotopic (exact) mass is 160 g/mol.